The fourth-order valence-corrected chi connectivity index (χ4v) is 3.69. The van der Waals surface area contributed by atoms with Crippen molar-refractivity contribution < 1.29 is 29.0 Å². The van der Waals surface area contributed by atoms with E-state index in [4.69, 9.17) is 4.74 Å². The molecule has 0 saturated carbocycles. The first-order valence-electron chi connectivity index (χ1n) is 11.7. The maximum absolute atomic E-state index is 13.1. The molecule has 0 aliphatic carbocycles. The Morgan fingerprint density at radius 3 is 2.14 bits per heavy atom. The number of amides is 3. The number of ether oxygens (including phenoxy) is 1. The second-order valence-corrected chi connectivity index (χ2v) is 10.4. The van der Waals surface area contributed by atoms with Crippen LogP contribution < -0.4 is 16.0 Å². The number of hydrogen-bond donors (Lipinski definition) is 4. The molecule has 0 saturated heterocycles. The number of alkyl carbamates (subject to hydrolysis) is 1. The summed E-state index contributed by atoms with van der Waals surface area (Å²) in [6.45, 7) is 8.85. The van der Waals surface area contributed by atoms with Gasteiger partial charge < -0.3 is 25.8 Å². The zero-order valence-corrected chi connectivity index (χ0v) is 22.2. The summed E-state index contributed by atoms with van der Waals surface area (Å²) in [4.78, 5) is 50.3. The first-order chi connectivity index (χ1) is 16.4. The zero-order chi connectivity index (χ0) is 26.6. The Bertz CT molecular complexity index is 843. The Hall–Kier alpha value is -2.75. The van der Waals surface area contributed by atoms with Gasteiger partial charge in [-0.15, -0.1) is 0 Å². The largest absolute Gasteiger partial charge is 0.480 e. The molecule has 0 fully saturated rings. The van der Waals surface area contributed by atoms with Crippen LogP contribution in [0.15, 0.2) is 30.3 Å². The highest BCUT2D eigenvalue weighted by atomic mass is 32.2. The van der Waals surface area contributed by atoms with E-state index in [0.717, 1.165) is 5.56 Å². The molecule has 4 N–H and O–H groups in total. The molecule has 4 atom stereocenters. The van der Waals surface area contributed by atoms with Gasteiger partial charge in [-0.25, -0.2) is 9.59 Å². The van der Waals surface area contributed by atoms with Crippen molar-refractivity contribution in [3.05, 3.63) is 35.9 Å². The number of carboxylic acid groups (broad SMARTS) is 1. The Kier molecular flexibility index (Phi) is 12.6. The number of thioether (sulfide) groups is 1. The van der Waals surface area contributed by atoms with Gasteiger partial charge in [0.2, 0.25) is 11.8 Å². The number of carboxylic acids is 1. The Morgan fingerprint density at radius 2 is 1.63 bits per heavy atom. The van der Waals surface area contributed by atoms with Gasteiger partial charge in [0, 0.05) is 6.42 Å². The van der Waals surface area contributed by atoms with Gasteiger partial charge in [-0.2, -0.15) is 11.8 Å². The van der Waals surface area contributed by atoms with Gasteiger partial charge >= 0.3 is 12.1 Å². The summed E-state index contributed by atoms with van der Waals surface area (Å²) in [6, 6.07) is 5.96. The molecule has 3 amide bonds. The van der Waals surface area contributed by atoms with E-state index in [1.54, 1.807) is 52.0 Å². The first kappa shape index (κ1) is 30.3. The molecule has 9 nitrogen and oxygen atoms in total. The first-order valence-corrected chi connectivity index (χ1v) is 13.1. The summed E-state index contributed by atoms with van der Waals surface area (Å²) >= 11 is 1.52. The van der Waals surface area contributed by atoms with E-state index in [2.05, 4.69) is 16.0 Å². The molecule has 0 aromatic heterocycles. The molecule has 0 aliphatic heterocycles. The number of aliphatic carboxylic acids is 1. The SMILES string of the molecule is CCC(C)[C@@H](NC(=O)[C@H](CCSC)NC(=O)OC(C)(C)C)C(=O)N[C@@H](Cc1ccccc1)C(=O)O. The van der Waals surface area contributed by atoms with Crippen LogP contribution >= 0.6 is 11.8 Å². The third-order valence-corrected chi connectivity index (χ3v) is 5.95. The van der Waals surface area contributed by atoms with Crippen molar-refractivity contribution in [3.8, 4) is 0 Å². The Morgan fingerprint density at radius 1 is 1.00 bits per heavy atom. The molecule has 196 valence electrons. The average molecular weight is 510 g/mol. The van der Waals surface area contributed by atoms with Crippen LogP contribution in [0, 0.1) is 5.92 Å². The summed E-state index contributed by atoms with van der Waals surface area (Å²) in [5.41, 5.74) is 0.0389. The lowest BCUT2D eigenvalue weighted by atomic mass is 9.96. The minimum absolute atomic E-state index is 0.111. The molecule has 0 spiro atoms. The molecule has 0 radical (unpaired) electrons. The van der Waals surface area contributed by atoms with Crippen LogP contribution in [0.2, 0.25) is 0 Å². The van der Waals surface area contributed by atoms with Crippen LogP contribution in [-0.4, -0.2) is 64.7 Å². The van der Waals surface area contributed by atoms with E-state index in [0.29, 0.717) is 18.6 Å². The number of carbonyl (C=O) groups excluding carboxylic acids is 3. The molecule has 35 heavy (non-hydrogen) atoms. The Balaban J connectivity index is 2.99. The minimum Gasteiger partial charge on any atom is -0.480 e. The van der Waals surface area contributed by atoms with Gasteiger partial charge in [0.05, 0.1) is 0 Å². The molecular formula is C25H39N3O6S. The maximum Gasteiger partial charge on any atom is 0.408 e. The van der Waals surface area contributed by atoms with Crippen LogP contribution in [-0.2, 0) is 25.5 Å². The van der Waals surface area contributed by atoms with Crippen LogP contribution in [0.25, 0.3) is 0 Å². The normalized spacial score (nSPS) is 14.7. The fraction of sp³-hybridized carbons (Fsp3) is 0.600. The van der Waals surface area contributed by atoms with E-state index >= 15 is 0 Å². The van der Waals surface area contributed by atoms with Crippen molar-refractivity contribution in [2.75, 3.05) is 12.0 Å². The van der Waals surface area contributed by atoms with Crippen molar-refractivity contribution in [1.29, 1.82) is 0 Å². The third kappa shape index (κ3) is 11.5. The highest BCUT2D eigenvalue weighted by Crippen LogP contribution is 2.12. The van der Waals surface area contributed by atoms with Crippen LogP contribution in [0.4, 0.5) is 4.79 Å². The average Bonchev–Trinajstić information content (AvgIpc) is 2.78. The van der Waals surface area contributed by atoms with Gasteiger partial charge in [-0.1, -0.05) is 50.6 Å². The second-order valence-electron chi connectivity index (χ2n) is 9.44. The second kappa shape index (κ2) is 14.6. The van der Waals surface area contributed by atoms with Crippen LogP contribution in [0.1, 0.15) is 53.0 Å². The summed E-state index contributed by atoms with van der Waals surface area (Å²) in [5.74, 6) is -1.95. The van der Waals surface area contributed by atoms with E-state index in [1.807, 2.05) is 19.2 Å². The van der Waals surface area contributed by atoms with E-state index in [1.165, 1.54) is 11.8 Å². The minimum atomic E-state index is -1.17. The topological polar surface area (TPSA) is 134 Å². The summed E-state index contributed by atoms with van der Waals surface area (Å²) in [5, 5.41) is 17.5. The highest BCUT2D eigenvalue weighted by molar-refractivity contribution is 7.98. The molecule has 10 heteroatoms. The van der Waals surface area contributed by atoms with Crippen LogP contribution in [0.3, 0.4) is 0 Å². The van der Waals surface area contributed by atoms with E-state index in [9.17, 15) is 24.3 Å². The molecule has 1 aromatic rings. The van der Waals surface area contributed by atoms with E-state index < -0.39 is 47.6 Å². The summed E-state index contributed by atoms with van der Waals surface area (Å²) in [6.07, 6.45) is 2.18. The number of rotatable bonds is 13. The molecule has 1 unspecified atom stereocenters. The van der Waals surface area contributed by atoms with E-state index in [-0.39, 0.29) is 12.3 Å². The maximum atomic E-state index is 13.1. The molecule has 0 bridgehead atoms. The number of carbonyl (C=O) groups is 4. The van der Waals surface area contributed by atoms with Crippen molar-refractivity contribution in [2.45, 2.75) is 77.6 Å². The molecule has 1 rings (SSSR count). The summed E-state index contributed by atoms with van der Waals surface area (Å²) < 4.78 is 5.27. The smallest absolute Gasteiger partial charge is 0.408 e. The molecule has 1 aromatic carbocycles. The van der Waals surface area contributed by atoms with Gasteiger partial charge in [-0.05, 0) is 50.7 Å². The highest BCUT2D eigenvalue weighted by Gasteiger charge is 2.32. The van der Waals surface area contributed by atoms with Crippen molar-refractivity contribution in [3.63, 3.8) is 0 Å². The van der Waals surface area contributed by atoms with Gasteiger partial charge in [0.25, 0.3) is 0 Å². The van der Waals surface area contributed by atoms with Crippen LogP contribution in [0.5, 0.6) is 0 Å². The monoisotopic (exact) mass is 509 g/mol. The molecular weight excluding hydrogens is 470 g/mol. The lowest BCUT2D eigenvalue weighted by molar-refractivity contribution is -0.142. The quantitative estimate of drug-likeness (QED) is 0.321. The zero-order valence-electron chi connectivity index (χ0n) is 21.4. The van der Waals surface area contributed by atoms with Gasteiger partial charge in [0.15, 0.2) is 0 Å². The molecule has 0 aliphatic rings. The standard InChI is InChI=1S/C25H39N3O6S/c1-7-16(2)20(22(30)26-19(23(31)32)15-17-11-9-8-10-12-17)28-21(29)18(13-14-35-6)27-24(33)34-25(3,4)5/h8-12,16,18-20H,7,13-15H2,1-6H3,(H,26,30)(H,27,33)(H,28,29)(H,31,32)/t16?,18-,19-,20+/m0/s1. The van der Waals surface area contributed by atoms with Crippen molar-refractivity contribution in [1.82, 2.24) is 16.0 Å². The lowest BCUT2D eigenvalue weighted by Crippen LogP contribution is -2.58. The number of benzene rings is 1. The molecule has 0 heterocycles. The number of nitrogens with one attached hydrogen (secondary N) is 3. The predicted octanol–water partition coefficient (Wildman–Crippen LogP) is 2.98. The van der Waals surface area contributed by atoms with Crippen molar-refractivity contribution in [2.24, 2.45) is 5.92 Å². The lowest BCUT2D eigenvalue weighted by Gasteiger charge is -2.28. The Labute approximate surface area is 212 Å². The van der Waals surface area contributed by atoms with Crippen molar-refractivity contribution >= 4 is 35.6 Å². The fourth-order valence-electron chi connectivity index (χ4n) is 3.22. The van der Waals surface area contributed by atoms with Gasteiger partial charge in [0.1, 0.15) is 23.7 Å². The third-order valence-electron chi connectivity index (χ3n) is 5.31. The summed E-state index contributed by atoms with van der Waals surface area (Å²) in [7, 11) is 0. The van der Waals surface area contributed by atoms with Gasteiger partial charge in [-0.3, -0.25) is 9.59 Å². The predicted molar refractivity (Wildman–Crippen MR) is 137 cm³/mol. The number of hydrogen-bond acceptors (Lipinski definition) is 6.